The van der Waals surface area contributed by atoms with Crippen LogP contribution in [0, 0.1) is 0 Å². The first-order valence-electron chi connectivity index (χ1n) is 6.23. The smallest absolute Gasteiger partial charge is 0.407 e. The van der Waals surface area contributed by atoms with E-state index in [9.17, 15) is 9.59 Å². The first-order chi connectivity index (χ1) is 8.73. The van der Waals surface area contributed by atoms with E-state index in [0.717, 1.165) is 0 Å². The van der Waals surface area contributed by atoms with Gasteiger partial charge in [0.25, 0.3) is 0 Å². The van der Waals surface area contributed by atoms with Crippen LogP contribution < -0.4 is 5.32 Å². The van der Waals surface area contributed by atoms with Crippen LogP contribution in [0.4, 0.5) is 9.59 Å². The molecule has 0 aromatic heterocycles. The number of nitrogens with one attached hydrogen (secondary N) is 1. The number of ether oxygens (including phenoxy) is 2. The standard InChI is InChI=1S/C12H22N2O5/c1-12(2,3)19-10(15)13-8-5-6-14(11(16)17)7-9(8)18-4/h8-9H,5-7H2,1-4H3,(H,13,15)(H,16,17)/t8-,9+/m0/s1. The molecule has 2 atom stereocenters. The summed E-state index contributed by atoms with van der Waals surface area (Å²) in [5.41, 5.74) is -0.561. The fourth-order valence-corrected chi connectivity index (χ4v) is 1.95. The van der Waals surface area contributed by atoms with Gasteiger partial charge in [-0.25, -0.2) is 9.59 Å². The van der Waals surface area contributed by atoms with E-state index < -0.39 is 17.8 Å². The third kappa shape index (κ3) is 4.94. The number of alkyl carbamates (subject to hydrolysis) is 1. The third-order valence-electron chi connectivity index (χ3n) is 2.83. The van der Waals surface area contributed by atoms with Crippen molar-refractivity contribution in [1.82, 2.24) is 10.2 Å². The molecule has 0 unspecified atom stereocenters. The highest BCUT2D eigenvalue weighted by Crippen LogP contribution is 2.15. The molecule has 7 heteroatoms. The van der Waals surface area contributed by atoms with Gasteiger partial charge in [0.1, 0.15) is 5.60 Å². The molecule has 0 saturated carbocycles. The van der Waals surface area contributed by atoms with Crippen molar-refractivity contribution in [2.45, 2.75) is 44.9 Å². The molecule has 1 rings (SSSR count). The van der Waals surface area contributed by atoms with E-state index in [1.165, 1.54) is 12.0 Å². The van der Waals surface area contributed by atoms with E-state index in [1.807, 2.05) is 0 Å². The zero-order valence-electron chi connectivity index (χ0n) is 11.8. The average Bonchev–Trinajstić information content (AvgIpc) is 2.26. The SMILES string of the molecule is CO[C@@H]1CN(C(=O)O)CC[C@@H]1NC(=O)OC(C)(C)C. The molecule has 19 heavy (non-hydrogen) atoms. The number of rotatable bonds is 2. The molecule has 1 saturated heterocycles. The van der Waals surface area contributed by atoms with Crippen molar-refractivity contribution in [3.63, 3.8) is 0 Å². The Morgan fingerprint density at radius 3 is 2.47 bits per heavy atom. The van der Waals surface area contributed by atoms with Crippen LogP contribution in [0.25, 0.3) is 0 Å². The lowest BCUT2D eigenvalue weighted by Crippen LogP contribution is -2.56. The van der Waals surface area contributed by atoms with Gasteiger partial charge in [-0.1, -0.05) is 0 Å². The number of hydrogen-bond acceptors (Lipinski definition) is 4. The number of nitrogens with zero attached hydrogens (tertiary/aromatic N) is 1. The van der Waals surface area contributed by atoms with Gasteiger partial charge in [-0.05, 0) is 27.2 Å². The number of methoxy groups -OCH3 is 1. The first kappa shape index (κ1) is 15.6. The van der Waals surface area contributed by atoms with Gasteiger partial charge in [0.15, 0.2) is 0 Å². The van der Waals surface area contributed by atoms with Gasteiger partial charge >= 0.3 is 12.2 Å². The zero-order valence-corrected chi connectivity index (χ0v) is 11.8. The second kappa shape index (κ2) is 6.10. The van der Waals surface area contributed by atoms with Crippen LogP contribution in [0.3, 0.4) is 0 Å². The maximum Gasteiger partial charge on any atom is 0.407 e. The van der Waals surface area contributed by atoms with Crippen molar-refractivity contribution >= 4 is 12.2 Å². The lowest BCUT2D eigenvalue weighted by Gasteiger charge is -2.36. The Bertz CT molecular complexity index is 340. The molecule has 2 N–H and O–H groups in total. The Morgan fingerprint density at radius 2 is 2.00 bits per heavy atom. The molecule has 0 aliphatic carbocycles. The molecular formula is C12H22N2O5. The van der Waals surface area contributed by atoms with Crippen molar-refractivity contribution in [3.05, 3.63) is 0 Å². The van der Waals surface area contributed by atoms with Gasteiger partial charge in [-0.3, -0.25) is 0 Å². The number of amides is 2. The molecular weight excluding hydrogens is 252 g/mol. The highest BCUT2D eigenvalue weighted by Gasteiger charge is 2.33. The summed E-state index contributed by atoms with van der Waals surface area (Å²) < 4.78 is 10.4. The summed E-state index contributed by atoms with van der Waals surface area (Å²) in [6.07, 6.45) is -1.34. The second-order valence-corrected chi connectivity index (χ2v) is 5.54. The zero-order chi connectivity index (χ0) is 14.6. The van der Waals surface area contributed by atoms with Crippen LogP contribution in [-0.4, -0.2) is 60.1 Å². The number of carbonyl (C=O) groups excluding carboxylic acids is 1. The Labute approximate surface area is 112 Å². The van der Waals surface area contributed by atoms with Gasteiger partial charge in [0.05, 0.1) is 18.7 Å². The van der Waals surface area contributed by atoms with Gasteiger partial charge in [0, 0.05) is 13.7 Å². The van der Waals surface area contributed by atoms with Crippen molar-refractivity contribution in [1.29, 1.82) is 0 Å². The van der Waals surface area contributed by atoms with E-state index in [4.69, 9.17) is 14.6 Å². The van der Waals surface area contributed by atoms with Crippen molar-refractivity contribution in [3.8, 4) is 0 Å². The largest absolute Gasteiger partial charge is 0.465 e. The van der Waals surface area contributed by atoms with Crippen LogP contribution in [0.1, 0.15) is 27.2 Å². The van der Waals surface area contributed by atoms with Crippen molar-refractivity contribution in [2.75, 3.05) is 20.2 Å². The lowest BCUT2D eigenvalue weighted by molar-refractivity contribution is 0.00134. The van der Waals surface area contributed by atoms with Crippen LogP contribution >= 0.6 is 0 Å². The Hall–Kier alpha value is -1.50. The Morgan fingerprint density at radius 1 is 1.37 bits per heavy atom. The minimum Gasteiger partial charge on any atom is -0.465 e. The molecule has 0 bridgehead atoms. The summed E-state index contributed by atoms with van der Waals surface area (Å²) in [6.45, 7) is 5.97. The fraction of sp³-hybridized carbons (Fsp3) is 0.833. The summed E-state index contributed by atoms with van der Waals surface area (Å²) >= 11 is 0. The quantitative estimate of drug-likeness (QED) is 0.792. The maximum atomic E-state index is 11.7. The predicted molar refractivity (Wildman–Crippen MR) is 68.2 cm³/mol. The highest BCUT2D eigenvalue weighted by molar-refractivity contribution is 5.68. The molecule has 0 aromatic rings. The number of piperidine rings is 1. The summed E-state index contributed by atoms with van der Waals surface area (Å²) in [6, 6.07) is -0.240. The Balaban J connectivity index is 2.54. The van der Waals surface area contributed by atoms with Gasteiger partial charge < -0.3 is 24.8 Å². The van der Waals surface area contributed by atoms with Crippen LogP contribution in [0.5, 0.6) is 0 Å². The topological polar surface area (TPSA) is 88.1 Å². The molecule has 1 aliphatic heterocycles. The molecule has 1 fully saturated rings. The lowest BCUT2D eigenvalue weighted by atomic mass is 10.0. The monoisotopic (exact) mass is 274 g/mol. The second-order valence-electron chi connectivity index (χ2n) is 5.54. The van der Waals surface area contributed by atoms with E-state index in [2.05, 4.69) is 5.32 Å². The van der Waals surface area contributed by atoms with E-state index >= 15 is 0 Å². The molecule has 2 amide bonds. The van der Waals surface area contributed by atoms with Gasteiger partial charge in [-0.15, -0.1) is 0 Å². The minimum atomic E-state index is -0.974. The first-order valence-corrected chi connectivity index (χ1v) is 6.23. The summed E-state index contributed by atoms with van der Waals surface area (Å²) in [5.74, 6) is 0. The number of hydrogen-bond donors (Lipinski definition) is 2. The molecule has 0 spiro atoms. The molecule has 1 aliphatic rings. The molecule has 7 nitrogen and oxygen atoms in total. The van der Waals surface area contributed by atoms with Crippen molar-refractivity contribution in [2.24, 2.45) is 0 Å². The van der Waals surface area contributed by atoms with E-state index in [0.29, 0.717) is 13.0 Å². The Kier molecular flexibility index (Phi) is 4.99. The van der Waals surface area contributed by atoms with Crippen LogP contribution in [-0.2, 0) is 9.47 Å². The predicted octanol–water partition coefficient (Wildman–Crippen LogP) is 1.28. The summed E-state index contributed by atoms with van der Waals surface area (Å²) in [7, 11) is 1.50. The maximum absolute atomic E-state index is 11.7. The van der Waals surface area contributed by atoms with Crippen LogP contribution in [0.15, 0.2) is 0 Å². The molecule has 110 valence electrons. The summed E-state index contributed by atoms with van der Waals surface area (Å²) in [4.78, 5) is 23.9. The molecule has 0 radical (unpaired) electrons. The fourth-order valence-electron chi connectivity index (χ4n) is 1.95. The molecule has 1 heterocycles. The third-order valence-corrected chi connectivity index (χ3v) is 2.83. The minimum absolute atomic E-state index is 0.240. The summed E-state index contributed by atoms with van der Waals surface area (Å²) in [5, 5.41) is 11.7. The van der Waals surface area contributed by atoms with Gasteiger partial charge in [-0.2, -0.15) is 0 Å². The average molecular weight is 274 g/mol. The van der Waals surface area contributed by atoms with Crippen molar-refractivity contribution < 1.29 is 24.2 Å². The number of carbonyl (C=O) groups is 2. The normalized spacial score (nSPS) is 23.9. The van der Waals surface area contributed by atoms with Crippen LogP contribution in [0.2, 0.25) is 0 Å². The van der Waals surface area contributed by atoms with E-state index in [1.54, 1.807) is 20.8 Å². The number of likely N-dealkylation sites (tertiary alicyclic amines) is 1. The number of carboxylic acid groups (broad SMARTS) is 1. The molecule has 0 aromatic carbocycles. The highest BCUT2D eigenvalue weighted by atomic mass is 16.6. The van der Waals surface area contributed by atoms with E-state index in [-0.39, 0.29) is 18.7 Å². The van der Waals surface area contributed by atoms with Gasteiger partial charge in [0.2, 0.25) is 0 Å².